The Bertz CT molecular complexity index is 533. The molecule has 0 bridgehead atoms. The van der Waals surface area contributed by atoms with Crippen molar-refractivity contribution >= 4 is 27.5 Å². The normalized spacial score (nSPS) is 24.2. The summed E-state index contributed by atoms with van der Waals surface area (Å²) in [6, 6.07) is 7.43. The lowest BCUT2D eigenvalue weighted by atomic mass is 10.0. The molecular weight excluding hydrogens is 236 g/mol. The van der Waals surface area contributed by atoms with Crippen molar-refractivity contribution in [2.24, 2.45) is 0 Å². The van der Waals surface area contributed by atoms with Gasteiger partial charge in [0.25, 0.3) is 0 Å². The predicted octanol–water partition coefficient (Wildman–Crippen LogP) is 1.83. The Balaban J connectivity index is 2.00. The van der Waals surface area contributed by atoms with Crippen LogP contribution in [0, 0.1) is 0 Å². The fourth-order valence-electron chi connectivity index (χ4n) is 2.28. The summed E-state index contributed by atoms with van der Waals surface area (Å²) in [5, 5.41) is 13.1. The van der Waals surface area contributed by atoms with E-state index in [1.165, 1.54) is 0 Å². The fraction of sp³-hybridized carbons (Fsp3) is 0.333. The van der Waals surface area contributed by atoms with Crippen molar-refractivity contribution in [1.29, 1.82) is 0 Å². The zero-order chi connectivity index (χ0) is 11.8. The molecule has 1 aromatic carbocycles. The number of hydrogen-bond donors (Lipinski definition) is 2. The topological polar surface area (TPSA) is 62.2 Å². The number of aromatic nitrogens is 1. The van der Waals surface area contributed by atoms with Gasteiger partial charge in [0.1, 0.15) is 6.04 Å². The summed E-state index contributed by atoms with van der Waals surface area (Å²) in [6.45, 7) is 0.748. The van der Waals surface area contributed by atoms with Crippen molar-refractivity contribution in [3.05, 3.63) is 29.3 Å². The van der Waals surface area contributed by atoms with Gasteiger partial charge in [0, 0.05) is 5.92 Å². The highest BCUT2D eigenvalue weighted by Crippen LogP contribution is 2.33. The number of carbonyl (C=O) groups is 1. The van der Waals surface area contributed by atoms with Gasteiger partial charge in [0.2, 0.25) is 0 Å². The Morgan fingerprint density at radius 2 is 2.29 bits per heavy atom. The molecule has 1 aliphatic rings. The van der Waals surface area contributed by atoms with Gasteiger partial charge in [-0.1, -0.05) is 12.1 Å². The van der Waals surface area contributed by atoms with Crippen LogP contribution in [0.15, 0.2) is 24.3 Å². The maximum absolute atomic E-state index is 11.1. The summed E-state index contributed by atoms with van der Waals surface area (Å²) in [6.07, 6.45) is 0.844. The van der Waals surface area contributed by atoms with Gasteiger partial charge in [-0.05, 0) is 25.1 Å². The smallest absolute Gasteiger partial charge is 0.321 e. The zero-order valence-corrected chi connectivity index (χ0v) is 9.91. The van der Waals surface area contributed by atoms with E-state index in [2.05, 4.69) is 10.3 Å². The van der Waals surface area contributed by atoms with Crippen molar-refractivity contribution in [2.45, 2.75) is 18.4 Å². The molecule has 0 spiro atoms. The highest BCUT2D eigenvalue weighted by atomic mass is 32.1. The number of rotatable bonds is 2. The number of fused-ring (bicyclic) bond motifs is 1. The molecule has 0 amide bonds. The number of nitrogens with zero attached hydrogens (tertiary/aromatic N) is 1. The van der Waals surface area contributed by atoms with Gasteiger partial charge in [0.05, 0.1) is 15.2 Å². The van der Waals surface area contributed by atoms with E-state index < -0.39 is 12.0 Å². The summed E-state index contributed by atoms with van der Waals surface area (Å²) in [5.74, 6) is -0.781. The second-order valence-corrected chi connectivity index (χ2v) is 5.25. The summed E-state index contributed by atoms with van der Waals surface area (Å²) in [5.41, 5.74) is 0.962. The predicted molar refractivity (Wildman–Crippen MR) is 66.4 cm³/mol. The molecule has 2 heterocycles. The van der Waals surface area contributed by atoms with Crippen LogP contribution >= 0.6 is 11.3 Å². The quantitative estimate of drug-likeness (QED) is 0.851. The molecule has 1 fully saturated rings. The number of benzene rings is 1. The molecule has 1 aromatic heterocycles. The first-order valence-corrected chi connectivity index (χ1v) is 6.39. The van der Waals surface area contributed by atoms with E-state index in [4.69, 9.17) is 5.11 Å². The van der Waals surface area contributed by atoms with Gasteiger partial charge in [0.15, 0.2) is 0 Å². The molecule has 5 heteroatoms. The Morgan fingerprint density at radius 3 is 3.06 bits per heavy atom. The Kier molecular flexibility index (Phi) is 2.57. The van der Waals surface area contributed by atoms with Crippen molar-refractivity contribution in [2.75, 3.05) is 6.54 Å². The summed E-state index contributed by atoms with van der Waals surface area (Å²) in [7, 11) is 0. The molecule has 0 saturated carbocycles. The van der Waals surface area contributed by atoms with Crippen LogP contribution in [-0.4, -0.2) is 28.6 Å². The minimum Gasteiger partial charge on any atom is -0.480 e. The first-order chi connectivity index (χ1) is 8.25. The van der Waals surface area contributed by atoms with E-state index in [1.54, 1.807) is 11.3 Å². The Hall–Kier alpha value is -1.46. The largest absolute Gasteiger partial charge is 0.480 e. The van der Waals surface area contributed by atoms with Gasteiger partial charge >= 0.3 is 5.97 Å². The maximum Gasteiger partial charge on any atom is 0.321 e. The Labute approximate surface area is 102 Å². The molecule has 2 aromatic rings. The molecule has 2 N–H and O–H groups in total. The molecule has 1 saturated heterocycles. The Morgan fingerprint density at radius 1 is 1.47 bits per heavy atom. The third-order valence-electron chi connectivity index (χ3n) is 3.12. The first kappa shape index (κ1) is 10.7. The second kappa shape index (κ2) is 4.09. The highest BCUT2D eigenvalue weighted by Gasteiger charge is 2.35. The lowest BCUT2D eigenvalue weighted by Gasteiger charge is -2.11. The molecule has 0 aliphatic carbocycles. The van der Waals surface area contributed by atoms with Gasteiger partial charge in [-0.25, -0.2) is 4.98 Å². The van der Waals surface area contributed by atoms with E-state index in [9.17, 15) is 4.79 Å². The number of carboxylic acids is 1. The van der Waals surface area contributed by atoms with Crippen LogP contribution in [0.2, 0.25) is 0 Å². The monoisotopic (exact) mass is 248 g/mol. The number of hydrogen-bond acceptors (Lipinski definition) is 4. The van der Waals surface area contributed by atoms with E-state index in [0.29, 0.717) is 0 Å². The van der Waals surface area contributed by atoms with Crippen molar-refractivity contribution in [3.8, 4) is 0 Å². The van der Waals surface area contributed by atoms with Crippen molar-refractivity contribution in [3.63, 3.8) is 0 Å². The van der Waals surface area contributed by atoms with E-state index in [-0.39, 0.29) is 5.92 Å². The summed E-state index contributed by atoms with van der Waals surface area (Å²) >= 11 is 1.60. The van der Waals surface area contributed by atoms with Crippen molar-refractivity contribution in [1.82, 2.24) is 10.3 Å². The number of aliphatic carboxylic acids is 1. The average Bonchev–Trinajstić information content (AvgIpc) is 2.95. The molecule has 0 radical (unpaired) electrons. The van der Waals surface area contributed by atoms with E-state index in [0.717, 1.165) is 28.2 Å². The highest BCUT2D eigenvalue weighted by molar-refractivity contribution is 7.18. The van der Waals surface area contributed by atoms with Crippen LogP contribution in [0.3, 0.4) is 0 Å². The minimum atomic E-state index is -0.785. The zero-order valence-electron chi connectivity index (χ0n) is 9.09. The number of para-hydroxylation sites is 1. The molecule has 1 aliphatic heterocycles. The first-order valence-electron chi connectivity index (χ1n) is 5.57. The van der Waals surface area contributed by atoms with Crippen LogP contribution < -0.4 is 5.32 Å². The van der Waals surface area contributed by atoms with Crippen LogP contribution in [0.5, 0.6) is 0 Å². The molecule has 2 atom stereocenters. The second-order valence-electron chi connectivity index (χ2n) is 4.19. The lowest BCUT2D eigenvalue weighted by molar-refractivity contribution is -0.139. The standard InChI is InChI=1S/C12H12N2O2S/c15-12(16)10-7(5-6-13-10)11-14-8-3-1-2-4-9(8)17-11/h1-4,7,10,13H,5-6H2,(H,15,16)/t7?,10-/m0/s1. The average molecular weight is 248 g/mol. The molecule has 88 valence electrons. The van der Waals surface area contributed by atoms with E-state index >= 15 is 0 Å². The molecule has 1 unspecified atom stereocenters. The molecular formula is C12H12N2O2S. The van der Waals surface area contributed by atoms with Crippen LogP contribution in [0.4, 0.5) is 0 Å². The lowest BCUT2D eigenvalue weighted by Crippen LogP contribution is -2.34. The minimum absolute atomic E-state index is 0.00454. The SMILES string of the molecule is O=C(O)[C@H]1NCCC1c1nc2ccccc2s1. The molecule has 3 rings (SSSR count). The fourth-order valence-corrected chi connectivity index (χ4v) is 3.42. The van der Waals surface area contributed by atoms with Gasteiger partial charge in [-0.2, -0.15) is 0 Å². The van der Waals surface area contributed by atoms with Gasteiger partial charge in [-0.3, -0.25) is 4.79 Å². The van der Waals surface area contributed by atoms with Crippen molar-refractivity contribution < 1.29 is 9.90 Å². The molecule has 4 nitrogen and oxygen atoms in total. The van der Waals surface area contributed by atoms with Crippen LogP contribution in [0.1, 0.15) is 17.3 Å². The van der Waals surface area contributed by atoms with E-state index in [1.807, 2.05) is 24.3 Å². The van der Waals surface area contributed by atoms with Gasteiger partial charge in [-0.15, -0.1) is 11.3 Å². The molecule has 17 heavy (non-hydrogen) atoms. The maximum atomic E-state index is 11.1. The van der Waals surface area contributed by atoms with Crippen LogP contribution in [0.25, 0.3) is 10.2 Å². The number of carboxylic acid groups (broad SMARTS) is 1. The third-order valence-corrected chi connectivity index (χ3v) is 4.28. The third kappa shape index (κ3) is 1.81. The summed E-state index contributed by atoms with van der Waals surface area (Å²) in [4.78, 5) is 15.7. The van der Waals surface area contributed by atoms with Crippen LogP contribution in [-0.2, 0) is 4.79 Å². The number of thiazole rings is 1. The van der Waals surface area contributed by atoms with Gasteiger partial charge < -0.3 is 10.4 Å². The number of nitrogens with one attached hydrogen (secondary N) is 1. The summed E-state index contributed by atoms with van der Waals surface area (Å²) < 4.78 is 1.12.